The topological polar surface area (TPSA) is 24.5 Å². The fraction of sp³-hybridized carbons (Fsp3) is 0.647. The van der Waals surface area contributed by atoms with E-state index < -0.39 is 0 Å². The van der Waals surface area contributed by atoms with Crippen LogP contribution >= 0.6 is 0 Å². The van der Waals surface area contributed by atoms with Crippen molar-refractivity contribution in [3.63, 3.8) is 0 Å². The zero-order valence-electron chi connectivity index (χ0n) is 12.1. The molecule has 1 N–H and O–H groups in total. The van der Waals surface area contributed by atoms with Crippen LogP contribution in [-0.4, -0.2) is 37.7 Å². The van der Waals surface area contributed by atoms with Gasteiger partial charge in [0.15, 0.2) is 0 Å². The first-order chi connectivity index (χ1) is 9.90. The summed E-state index contributed by atoms with van der Waals surface area (Å²) in [6.45, 7) is 5.50. The Balaban J connectivity index is 1.59. The Bertz CT molecular complexity index is 478. The number of hydrogen-bond donors (Lipinski definition) is 1. The summed E-state index contributed by atoms with van der Waals surface area (Å²) in [6.07, 6.45) is 5.31. The van der Waals surface area contributed by atoms with Crippen molar-refractivity contribution >= 4 is 0 Å². The first-order valence-electron chi connectivity index (χ1n) is 8.10. The molecule has 108 valence electrons. The maximum atomic E-state index is 5.65. The number of hydrogen-bond acceptors (Lipinski definition) is 3. The molecule has 1 atom stereocenters. The predicted octanol–water partition coefficient (Wildman–Crippen LogP) is 2.37. The van der Waals surface area contributed by atoms with Crippen LogP contribution in [-0.2, 0) is 6.42 Å². The predicted molar refractivity (Wildman–Crippen MR) is 80.2 cm³/mol. The molecule has 1 saturated carbocycles. The second-order valence-corrected chi connectivity index (χ2v) is 6.45. The van der Waals surface area contributed by atoms with Gasteiger partial charge in [-0.25, -0.2) is 0 Å². The Kier molecular flexibility index (Phi) is 3.41. The van der Waals surface area contributed by atoms with Gasteiger partial charge in [-0.2, -0.15) is 0 Å². The number of benzene rings is 1. The lowest BCUT2D eigenvalue weighted by atomic mass is 9.96. The van der Waals surface area contributed by atoms with E-state index in [2.05, 4.69) is 28.4 Å². The standard InChI is InChI=1S/C17H24N2O/c1-2-13(1)11-16(19-8-6-18-7-9-19)14-3-4-17-15(12-14)5-10-20-17/h3-4,12-13,16,18H,1-2,5-11H2/t16-/m1/s1. The summed E-state index contributed by atoms with van der Waals surface area (Å²) >= 11 is 0. The summed E-state index contributed by atoms with van der Waals surface area (Å²) in [6, 6.07) is 7.53. The van der Waals surface area contributed by atoms with Gasteiger partial charge in [0.1, 0.15) is 5.75 Å². The Hall–Kier alpha value is -1.06. The van der Waals surface area contributed by atoms with Crippen LogP contribution in [0.5, 0.6) is 5.75 Å². The summed E-state index contributed by atoms with van der Waals surface area (Å²) in [5.41, 5.74) is 2.93. The van der Waals surface area contributed by atoms with Gasteiger partial charge in [-0.15, -0.1) is 0 Å². The van der Waals surface area contributed by atoms with Crippen LogP contribution in [0.25, 0.3) is 0 Å². The van der Waals surface area contributed by atoms with Crippen molar-refractivity contribution in [2.75, 3.05) is 32.8 Å². The van der Waals surface area contributed by atoms with E-state index >= 15 is 0 Å². The number of fused-ring (bicyclic) bond motifs is 1. The molecule has 2 heterocycles. The third-order valence-corrected chi connectivity index (χ3v) is 4.94. The molecule has 3 heteroatoms. The van der Waals surface area contributed by atoms with Crippen LogP contribution < -0.4 is 10.1 Å². The minimum absolute atomic E-state index is 0.621. The van der Waals surface area contributed by atoms with Gasteiger partial charge in [-0.05, 0) is 29.5 Å². The van der Waals surface area contributed by atoms with Crippen LogP contribution in [0.1, 0.15) is 36.4 Å². The lowest BCUT2D eigenvalue weighted by Crippen LogP contribution is -2.45. The van der Waals surface area contributed by atoms with Gasteiger partial charge < -0.3 is 10.1 Å². The third-order valence-electron chi connectivity index (χ3n) is 4.94. The summed E-state index contributed by atoms with van der Waals surface area (Å²) in [5, 5.41) is 3.47. The number of piperazine rings is 1. The molecule has 1 aliphatic carbocycles. The Morgan fingerprint density at radius 3 is 2.90 bits per heavy atom. The molecule has 1 aromatic carbocycles. The molecular weight excluding hydrogens is 248 g/mol. The molecule has 2 fully saturated rings. The van der Waals surface area contributed by atoms with Gasteiger partial charge in [0.25, 0.3) is 0 Å². The SMILES string of the molecule is c1cc2c(cc1[C@@H](CC1CC1)N1CCNCC1)CCO2. The highest BCUT2D eigenvalue weighted by Gasteiger charge is 2.31. The summed E-state index contributed by atoms with van der Waals surface area (Å²) in [5.74, 6) is 2.08. The third kappa shape index (κ3) is 2.57. The Morgan fingerprint density at radius 2 is 2.10 bits per heavy atom. The van der Waals surface area contributed by atoms with E-state index in [4.69, 9.17) is 4.74 Å². The van der Waals surface area contributed by atoms with Crippen molar-refractivity contribution in [1.29, 1.82) is 0 Å². The highest BCUT2D eigenvalue weighted by atomic mass is 16.5. The average Bonchev–Trinajstić information content (AvgIpc) is 3.20. The van der Waals surface area contributed by atoms with Gasteiger partial charge in [0.2, 0.25) is 0 Å². The maximum absolute atomic E-state index is 5.65. The number of nitrogens with one attached hydrogen (secondary N) is 1. The lowest BCUT2D eigenvalue weighted by molar-refractivity contribution is 0.160. The van der Waals surface area contributed by atoms with E-state index in [-0.39, 0.29) is 0 Å². The summed E-state index contributed by atoms with van der Waals surface area (Å²) in [4.78, 5) is 2.69. The van der Waals surface area contributed by atoms with Crippen molar-refractivity contribution in [3.05, 3.63) is 29.3 Å². The van der Waals surface area contributed by atoms with Gasteiger partial charge in [-0.3, -0.25) is 4.90 Å². The van der Waals surface area contributed by atoms with Gasteiger partial charge in [-0.1, -0.05) is 25.0 Å². The molecule has 0 spiro atoms. The number of rotatable bonds is 4. The van der Waals surface area contributed by atoms with Crippen LogP contribution in [0, 0.1) is 5.92 Å². The molecule has 0 unspecified atom stereocenters. The lowest BCUT2D eigenvalue weighted by Gasteiger charge is -2.35. The Labute approximate surface area is 121 Å². The highest BCUT2D eigenvalue weighted by Crippen LogP contribution is 2.41. The van der Waals surface area contributed by atoms with Gasteiger partial charge in [0.05, 0.1) is 6.61 Å². The zero-order valence-corrected chi connectivity index (χ0v) is 12.1. The number of ether oxygens (including phenoxy) is 1. The molecule has 3 aliphatic rings. The highest BCUT2D eigenvalue weighted by molar-refractivity contribution is 5.41. The molecule has 0 amide bonds. The molecule has 20 heavy (non-hydrogen) atoms. The molecule has 1 aromatic rings. The van der Waals surface area contributed by atoms with Gasteiger partial charge in [0, 0.05) is 38.6 Å². The van der Waals surface area contributed by atoms with E-state index in [9.17, 15) is 0 Å². The minimum atomic E-state index is 0.621. The molecular formula is C17H24N2O. The number of nitrogens with zero attached hydrogens (tertiary/aromatic N) is 1. The quantitative estimate of drug-likeness (QED) is 0.910. The molecule has 1 saturated heterocycles. The maximum Gasteiger partial charge on any atom is 0.122 e. The van der Waals surface area contributed by atoms with E-state index in [1.54, 1.807) is 0 Å². The largest absolute Gasteiger partial charge is 0.493 e. The van der Waals surface area contributed by atoms with E-state index in [1.807, 2.05) is 0 Å². The van der Waals surface area contributed by atoms with Crippen LogP contribution in [0.4, 0.5) is 0 Å². The van der Waals surface area contributed by atoms with Crippen LogP contribution in [0.3, 0.4) is 0 Å². The molecule has 4 rings (SSSR count). The molecule has 0 aromatic heterocycles. The second kappa shape index (κ2) is 5.38. The van der Waals surface area contributed by atoms with Gasteiger partial charge >= 0.3 is 0 Å². The van der Waals surface area contributed by atoms with E-state index in [1.165, 1.54) is 43.5 Å². The molecule has 0 radical (unpaired) electrons. The van der Waals surface area contributed by atoms with Crippen molar-refractivity contribution < 1.29 is 4.74 Å². The first kappa shape index (κ1) is 12.7. The van der Waals surface area contributed by atoms with Crippen molar-refractivity contribution in [3.8, 4) is 5.75 Å². The minimum Gasteiger partial charge on any atom is -0.493 e. The normalized spacial score (nSPS) is 24.2. The fourth-order valence-corrected chi connectivity index (χ4v) is 3.57. The smallest absolute Gasteiger partial charge is 0.122 e. The fourth-order valence-electron chi connectivity index (χ4n) is 3.57. The molecule has 3 nitrogen and oxygen atoms in total. The monoisotopic (exact) mass is 272 g/mol. The van der Waals surface area contributed by atoms with Crippen molar-refractivity contribution in [2.24, 2.45) is 5.92 Å². The van der Waals surface area contributed by atoms with E-state index in [0.29, 0.717) is 6.04 Å². The van der Waals surface area contributed by atoms with Crippen LogP contribution in [0.2, 0.25) is 0 Å². The first-order valence-corrected chi connectivity index (χ1v) is 8.10. The summed E-state index contributed by atoms with van der Waals surface area (Å²) in [7, 11) is 0. The van der Waals surface area contributed by atoms with Crippen molar-refractivity contribution in [1.82, 2.24) is 10.2 Å². The summed E-state index contributed by atoms with van der Waals surface area (Å²) < 4.78 is 5.65. The average molecular weight is 272 g/mol. The molecule has 2 aliphatic heterocycles. The second-order valence-electron chi connectivity index (χ2n) is 6.45. The zero-order chi connectivity index (χ0) is 13.4. The molecule has 0 bridgehead atoms. The van der Waals surface area contributed by atoms with Crippen molar-refractivity contribution in [2.45, 2.75) is 31.7 Å². The Morgan fingerprint density at radius 1 is 1.25 bits per heavy atom. The van der Waals surface area contributed by atoms with E-state index in [0.717, 1.165) is 37.8 Å². The van der Waals surface area contributed by atoms with Crippen LogP contribution in [0.15, 0.2) is 18.2 Å².